The van der Waals surface area contributed by atoms with Crippen molar-refractivity contribution in [3.63, 3.8) is 0 Å². The molecule has 0 heterocycles. The lowest BCUT2D eigenvalue weighted by molar-refractivity contribution is -0.516. The number of hydrogen-bond acceptors (Lipinski definition) is 6. The van der Waals surface area contributed by atoms with Crippen LogP contribution in [0.4, 0.5) is 0 Å². The molecule has 0 saturated heterocycles. The Hall–Kier alpha value is -1.59. The SMILES string of the molecule is COC(=O)[C@@H]1C2[C@@H]3[C@@H]4C([C@H]5C4C3(C(=O)OC)[C@H]25)[C@@H]1C(=O)OC. The van der Waals surface area contributed by atoms with Gasteiger partial charge in [-0.1, -0.05) is 0 Å². The first-order valence-electron chi connectivity index (χ1n) is 7.81. The molecule has 6 rings (SSSR count). The number of fused-ring (bicyclic) bond motifs is 1. The maximum atomic E-state index is 12.3. The highest BCUT2D eigenvalue weighted by molar-refractivity contribution is 5.90. The number of carbonyl (C=O) groups is 3. The van der Waals surface area contributed by atoms with Gasteiger partial charge in [0.15, 0.2) is 0 Å². The number of carbonyl (C=O) groups excluding carboxylic acids is 3. The molecule has 118 valence electrons. The van der Waals surface area contributed by atoms with Gasteiger partial charge in [-0.05, 0) is 41.4 Å². The normalized spacial score (nSPS) is 57.1. The summed E-state index contributed by atoms with van der Waals surface area (Å²) in [7, 11) is 4.16. The zero-order valence-corrected chi connectivity index (χ0v) is 12.6. The lowest BCUT2D eigenvalue weighted by Crippen LogP contribution is -3.00. The van der Waals surface area contributed by atoms with Gasteiger partial charge in [0.05, 0.1) is 38.6 Å². The molecular formula is C16H18O6. The molecule has 4 unspecified atom stereocenters. The van der Waals surface area contributed by atoms with Crippen LogP contribution in [0.25, 0.3) is 0 Å². The smallest absolute Gasteiger partial charge is 0.312 e. The minimum atomic E-state index is -0.455. The third-order valence-corrected chi connectivity index (χ3v) is 7.73. The Morgan fingerprint density at radius 1 is 0.682 bits per heavy atom. The predicted molar refractivity (Wildman–Crippen MR) is 69.9 cm³/mol. The zero-order valence-electron chi connectivity index (χ0n) is 12.6. The lowest BCUT2D eigenvalue weighted by Gasteiger charge is -2.97. The molecule has 0 aliphatic heterocycles. The van der Waals surface area contributed by atoms with E-state index in [4.69, 9.17) is 14.2 Å². The Bertz CT molecular complexity index is 602. The molecule has 2 bridgehead atoms. The minimum Gasteiger partial charge on any atom is -0.469 e. The molecule has 6 fully saturated rings. The van der Waals surface area contributed by atoms with E-state index < -0.39 is 11.8 Å². The second-order valence-corrected chi connectivity index (χ2v) is 7.41. The van der Waals surface area contributed by atoms with Crippen LogP contribution >= 0.6 is 0 Å². The van der Waals surface area contributed by atoms with Crippen LogP contribution in [0.5, 0.6) is 0 Å². The second-order valence-electron chi connectivity index (χ2n) is 7.41. The Morgan fingerprint density at radius 2 is 1.14 bits per heavy atom. The molecule has 0 N–H and O–H groups in total. The number of esters is 3. The quantitative estimate of drug-likeness (QED) is 0.544. The molecule has 10 atom stereocenters. The Morgan fingerprint density at radius 3 is 1.59 bits per heavy atom. The Kier molecular flexibility index (Phi) is 2.05. The first kappa shape index (κ1) is 12.9. The van der Waals surface area contributed by atoms with E-state index in [0.29, 0.717) is 17.8 Å². The Labute approximate surface area is 127 Å². The number of rotatable bonds is 3. The van der Waals surface area contributed by atoms with Crippen molar-refractivity contribution in [2.45, 2.75) is 0 Å². The van der Waals surface area contributed by atoms with Gasteiger partial charge in [0, 0.05) is 0 Å². The monoisotopic (exact) mass is 306 g/mol. The van der Waals surface area contributed by atoms with Gasteiger partial charge in [-0.2, -0.15) is 0 Å². The first-order chi connectivity index (χ1) is 10.6. The minimum absolute atomic E-state index is 0.0839. The molecule has 0 aromatic rings. The van der Waals surface area contributed by atoms with Gasteiger partial charge in [-0.3, -0.25) is 14.4 Å². The van der Waals surface area contributed by atoms with Crippen molar-refractivity contribution in [1.82, 2.24) is 0 Å². The van der Waals surface area contributed by atoms with Gasteiger partial charge in [-0.25, -0.2) is 0 Å². The summed E-state index contributed by atoms with van der Waals surface area (Å²) in [6, 6.07) is 0. The van der Waals surface area contributed by atoms with Crippen LogP contribution in [-0.2, 0) is 28.6 Å². The van der Waals surface area contributed by atoms with Gasteiger partial charge >= 0.3 is 17.9 Å². The third-order valence-electron chi connectivity index (χ3n) is 7.73. The molecule has 0 amide bonds. The molecule has 22 heavy (non-hydrogen) atoms. The fourth-order valence-electron chi connectivity index (χ4n) is 7.60. The molecule has 0 aromatic carbocycles. The molecular weight excluding hydrogens is 288 g/mol. The van der Waals surface area contributed by atoms with Crippen molar-refractivity contribution in [3.8, 4) is 0 Å². The average molecular weight is 306 g/mol. The highest BCUT2D eigenvalue weighted by atomic mass is 16.5. The van der Waals surface area contributed by atoms with Crippen LogP contribution in [-0.4, -0.2) is 39.2 Å². The van der Waals surface area contributed by atoms with Gasteiger partial charge in [0.1, 0.15) is 0 Å². The summed E-state index contributed by atoms with van der Waals surface area (Å²) >= 11 is 0. The summed E-state index contributed by atoms with van der Waals surface area (Å²) in [4.78, 5) is 36.8. The molecule has 6 heteroatoms. The fraction of sp³-hybridized carbons (Fsp3) is 0.812. The van der Waals surface area contributed by atoms with Crippen LogP contribution in [0, 0.1) is 58.7 Å². The molecule has 0 spiro atoms. The molecule has 0 aromatic heterocycles. The maximum Gasteiger partial charge on any atom is 0.312 e. The van der Waals surface area contributed by atoms with Crippen LogP contribution in [0.15, 0.2) is 0 Å². The van der Waals surface area contributed by atoms with Crippen LogP contribution in [0.1, 0.15) is 0 Å². The van der Waals surface area contributed by atoms with E-state index >= 15 is 0 Å². The van der Waals surface area contributed by atoms with Gasteiger partial charge < -0.3 is 14.2 Å². The summed E-state index contributed by atoms with van der Waals surface area (Å²) in [5, 5.41) is 0. The van der Waals surface area contributed by atoms with Crippen molar-refractivity contribution in [3.05, 3.63) is 0 Å². The number of methoxy groups -OCH3 is 3. The summed E-state index contributed by atoms with van der Waals surface area (Å²) in [6.07, 6.45) is 0. The van der Waals surface area contributed by atoms with E-state index in [2.05, 4.69) is 0 Å². The second kappa shape index (κ2) is 3.49. The largest absolute Gasteiger partial charge is 0.469 e. The van der Waals surface area contributed by atoms with E-state index in [1.54, 1.807) is 0 Å². The predicted octanol–water partition coefficient (Wildman–Crippen LogP) is 0.106. The van der Waals surface area contributed by atoms with Gasteiger partial charge in [0.2, 0.25) is 0 Å². The zero-order chi connectivity index (χ0) is 15.5. The molecule has 6 aliphatic carbocycles. The van der Waals surface area contributed by atoms with Crippen LogP contribution < -0.4 is 0 Å². The van der Waals surface area contributed by atoms with E-state index in [1.807, 2.05) is 0 Å². The van der Waals surface area contributed by atoms with E-state index in [1.165, 1.54) is 21.3 Å². The summed E-state index contributed by atoms with van der Waals surface area (Å²) in [5.74, 6) is 0.240. The standard InChI is InChI=1S/C16H18O6/c1-20-13(17)5-4-7-10-8(4)12-9(6(5)14(18)21-2)11(7)16(10,12)15(19)22-3/h4-12H,1-3H3/t4?,5-,6-,7-,8+,9?,10?,11-,12-,16?/m0/s1. The first-order valence-corrected chi connectivity index (χ1v) is 7.81. The summed E-state index contributed by atoms with van der Waals surface area (Å²) in [6.45, 7) is 0. The average Bonchev–Trinajstić information content (AvgIpc) is 2.52. The molecule has 0 radical (unpaired) electrons. The van der Waals surface area contributed by atoms with Crippen molar-refractivity contribution >= 4 is 17.9 Å². The van der Waals surface area contributed by atoms with E-state index in [9.17, 15) is 14.4 Å². The van der Waals surface area contributed by atoms with Gasteiger partial charge in [0.25, 0.3) is 0 Å². The van der Waals surface area contributed by atoms with Crippen LogP contribution in [0.3, 0.4) is 0 Å². The topological polar surface area (TPSA) is 78.9 Å². The van der Waals surface area contributed by atoms with Crippen molar-refractivity contribution < 1.29 is 28.6 Å². The highest BCUT2D eigenvalue weighted by Crippen LogP contribution is 2.98. The Balaban J connectivity index is 1.55. The maximum absolute atomic E-state index is 12.3. The van der Waals surface area contributed by atoms with E-state index in [0.717, 1.165) is 0 Å². The number of hydrogen-bond donors (Lipinski definition) is 0. The van der Waals surface area contributed by atoms with Crippen molar-refractivity contribution in [1.29, 1.82) is 0 Å². The summed E-state index contributed by atoms with van der Waals surface area (Å²) in [5.41, 5.74) is -0.335. The molecule has 6 saturated carbocycles. The number of ether oxygens (including phenoxy) is 3. The van der Waals surface area contributed by atoms with Crippen molar-refractivity contribution in [2.75, 3.05) is 21.3 Å². The van der Waals surface area contributed by atoms with Crippen molar-refractivity contribution in [2.24, 2.45) is 58.7 Å². The highest BCUT2D eigenvalue weighted by Gasteiger charge is 3.01. The summed E-state index contributed by atoms with van der Waals surface area (Å²) < 4.78 is 14.9. The third kappa shape index (κ3) is 0.863. The fourth-order valence-corrected chi connectivity index (χ4v) is 7.60. The van der Waals surface area contributed by atoms with Crippen LogP contribution in [0.2, 0.25) is 0 Å². The molecule has 6 nitrogen and oxygen atoms in total. The lowest BCUT2D eigenvalue weighted by atomic mass is 9.04. The van der Waals surface area contributed by atoms with Gasteiger partial charge in [-0.15, -0.1) is 0 Å². The van der Waals surface area contributed by atoms with E-state index in [-0.39, 0.29) is 47.0 Å². The molecule has 6 aliphatic rings.